The van der Waals surface area contributed by atoms with Crippen LogP contribution in [0.4, 0.5) is 4.79 Å². The normalized spacial score (nSPS) is 13.3. The third kappa shape index (κ3) is 6.45. The van der Waals surface area contributed by atoms with Gasteiger partial charge in [-0.15, -0.1) is 11.8 Å². The van der Waals surface area contributed by atoms with E-state index in [1.807, 2.05) is 0 Å². The molecule has 0 aliphatic heterocycles. The highest BCUT2D eigenvalue weighted by Gasteiger charge is 2.20. The van der Waals surface area contributed by atoms with E-state index < -0.39 is 29.2 Å². The first-order valence-electron chi connectivity index (χ1n) is 5.46. The molecule has 0 fully saturated rings. The number of hydrogen-bond donors (Lipinski definition) is 3. The van der Waals surface area contributed by atoms with E-state index in [0.29, 0.717) is 6.54 Å². The van der Waals surface area contributed by atoms with E-state index >= 15 is 0 Å². The first-order chi connectivity index (χ1) is 8.42. The van der Waals surface area contributed by atoms with E-state index in [0.717, 1.165) is 0 Å². The fourth-order valence-electron chi connectivity index (χ4n) is 0.961. The van der Waals surface area contributed by atoms with Crippen molar-refractivity contribution in [2.45, 2.75) is 25.1 Å². The molecular weight excluding hydrogens is 258 g/mol. The van der Waals surface area contributed by atoms with E-state index in [9.17, 15) is 14.4 Å². The van der Waals surface area contributed by atoms with Crippen LogP contribution in [0.1, 0.15) is 13.8 Å². The van der Waals surface area contributed by atoms with Crippen LogP contribution >= 0.6 is 11.8 Å². The molecule has 0 bridgehead atoms. The Bertz CT molecular complexity index is 311. The van der Waals surface area contributed by atoms with Gasteiger partial charge in [0.15, 0.2) is 0 Å². The van der Waals surface area contributed by atoms with Crippen molar-refractivity contribution in [3.05, 3.63) is 0 Å². The maximum atomic E-state index is 11.5. The third-order valence-electron chi connectivity index (χ3n) is 1.97. The summed E-state index contributed by atoms with van der Waals surface area (Å²) in [6.45, 7) is 3.81. The largest absolute Gasteiger partial charge is 0.468 e. The molecule has 0 spiro atoms. The molecule has 0 saturated heterocycles. The van der Waals surface area contributed by atoms with E-state index in [1.54, 1.807) is 13.8 Å². The van der Waals surface area contributed by atoms with Gasteiger partial charge in [-0.25, -0.2) is 4.79 Å². The summed E-state index contributed by atoms with van der Waals surface area (Å²) in [5, 5.41) is 4.14. The molecule has 0 radical (unpaired) electrons. The lowest BCUT2D eigenvalue weighted by molar-refractivity contribution is -0.141. The van der Waals surface area contributed by atoms with Gasteiger partial charge in [-0.1, -0.05) is 0 Å². The molecule has 2 atom stereocenters. The predicted octanol–water partition coefficient (Wildman–Crippen LogP) is -0.546. The summed E-state index contributed by atoms with van der Waals surface area (Å²) in [6, 6.07) is -1.31. The van der Waals surface area contributed by atoms with Gasteiger partial charge in [-0.05, 0) is 13.8 Å². The van der Waals surface area contributed by atoms with Gasteiger partial charge < -0.3 is 15.8 Å². The summed E-state index contributed by atoms with van der Waals surface area (Å²) < 4.78 is 4.46. The first kappa shape index (κ1) is 16.7. The molecule has 104 valence electrons. The van der Waals surface area contributed by atoms with Crippen LogP contribution in [-0.2, 0) is 14.3 Å². The van der Waals surface area contributed by atoms with Crippen LogP contribution in [0.5, 0.6) is 0 Å². The molecule has 3 amide bonds. The number of esters is 1. The van der Waals surface area contributed by atoms with Crippen LogP contribution in [0.15, 0.2) is 0 Å². The smallest absolute Gasteiger partial charge is 0.323 e. The lowest BCUT2D eigenvalue weighted by atomic mass is 10.4. The van der Waals surface area contributed by atoms with Crippen LogP contribution in [0, 0.1) is 0 Å². The van der Waals surface area contributed by atoms with Crippen LogP contribution < -0.4 is 16.4 Å². The Morgan fingerprint density at radius 3 is 2.50 bits per heavy atom. The average molecular weight is 277 g/mol. The summed E-state index contributed by atoms with van der Waals surface area (Å²) in [6.07, 6.45) is 0. The molecule has 0 aliphatic carbocycles. The minimum atomic E-state index is -0.778. The van der Waals surface area contributed by atoms with E-state index in [1.165, 1.54) is 18.9 Å². The number of amides is 3. The van der Waals surface area contributed by atoms with Crippen LogP contribution in [0.2, 0.25) is 0 Å². The summed E-state index contributed by atoms with van der Waals surface area (Å²) in [5.41, 5.74) is 5.52. The molecular formula is C10H19N3O4S. The highest BCUT2D eigenvalue weighted by molar-refractivity contribution is 8.00. The molecule has 4 N–H and O–H groups in total. The Hall–Kier alpha value is -1.28. The summed E-state index contributed by atoms with van der Waals surface area (Å²) in [5.74, 6) is -0.710. The molecule has 0 aromatic carbocycles. The number of hydrogen-bond acceptors (Lipinski definition) is 6. The van der Waals surface area contributed by atoms with E-state index in [2.05, 4.69) is 15.4 Å². The number of carbonyl (C=O) groups excluding carboxylic acids is 3. The monoisotopic (exact) mass is 277 g/mol. The fourth-order valence-corrected chi connectivity index (χ4v) is 1.80. The van der Waals surface area contributed by atoms with Crippen LogP contribution in [0.25, 0.3) is 0 Å². The number of methoxy groups -OCH3 is 1. The zero-order valence-electron chi connectivity index (χ0n) is 10.7. The number of nitrogens with one attached hydrogen (secondary N) is 2. The fraction of sp³-hybridized carbons (Fsp3) is 0.700. The van der Waals surface area contributed by atoms with Gasteiger partial charge in [0.1, 0.15) is 6.04 Å². The third-order valence-corrected chi connectivity index (χ3v) is 3.24. The average Bonchev–Trinajstić information content (AvgIpc) is 2.34. The highest BCUT2D eigenvalue weighted by Crippen LogP contribution is 2.11. The molecule has 18 heavy (non-hydrogen) atoms. The number of urea groups is 1. The minimum Gasteiger partial charge on any atom is -0.468 e. The number of nitrogens with two attached hydrogens (primary N) is 1. The van der Waals surface area contributed by atoms with Gasteiger partial charge in [0.05, 0.1) is 12.4 Å². The van der Waals surface area contributed by atoms with E-state index in [4.69, 9.17) is 5.73 Å². The molecule has 0 saturated carbocycles. The zero-order chi connectivity index (χ0) is 14.1. The molecule has 8 heteroatoms. The summed E-state index contributed by atoms with van der Waals surface area (Å²) >= 11 is 1.18. The second-order valence-electron chi connectivity index (χ2n) is 3.45. The summed E-state index contributed by atoms with van der Waals surface area (Å²) in [7, 11) is 1.25. The molecule has 0 rings (SSSR count). The van der Waals surface area contributed by atoms with Gasteiger partial charge in [0, 0.05) is 12.3 Å². The highest BCUT2D eigenvalue weighted by atomic mass is 32.2. The SMILES string of the molecule is CCNC(=O)NC(=O)C(C)SCC(N)C(=O)OC. The van der Waals surface area contributed by atoms with Gasteiger partial charge in [-0.2, -0.15) is 0 Å². The molecule has 0 aromatic heterocycles. The van der Waals surface area contributed by atoms with E-state index in [-0.39, 0.29) is 5.75 Å². The van der Waals surface area contributed by atoms with Crippen molar-refractivity contribution in [2.75, 3.05) is 19.4 Å². The van der Waals surface area contributed by atoms with Gasteiger partial charge in [0.2, 0.25) is 5.91 Å². The number of imide groups is 1. The maximum Gasteiger partial charge on any atom is 0.323 e. The molecule has 2 unspecified atom stereocenters. The van der Waals surface area contributed by atoms with Crippen molar-refractivity contribution < 1.29 is 19.1 Å². The molecule has 0 aliphatic rings. The second-order valence-corrected chi connectivity index (χ2v) is 4.83. The van der Waals surface area contributed by atoms with Crippen molar-refractivity contribution >= 4 is 29.7 Å². The molecule has 7 nitrogen and oxygen atoms in total. The van der Waals surface area contributed by atoms with Crippen molar-refractivity contribution in [1.82, 2.24) is 10.6 Å². The maximum absolute atomic E-state index is 11.5. The van der Waals surface area contributed by atoms with Gasteiger partial charge in [-0.3, -0.25) is 14.9 Å². The zero-order valence-corrected chi connectivity index (χ0v) is 11.5. The molecule has 0 heterocycles. The number of ether oxygens (including phenoxy) is 1. The minimum absolute atomic E-state index is 0.247. The Balaban J connectivity index is 4.01. The quantitative estimate of drug-likeness (QED) is 0.562. The van der Waals surface area contributed by atoms with Crippen molar-refractivity contribution in [3.63, 3.8) is 0 Å². The van der Waals surface area contributed by atoms with Crippen molar-refractivity contribution in [2.24, 2.45) is 5.73 Å². The Morgan fingerprint density at radius 2 is 2.00 bits per heavy atom. The number of rotatable bonds is 6. The van der Waals surface area contributed by atoms with Crippen LogP contribution in [-0.4, -0.2) is 48.6 Å². The number of carbonyl (C=O) groups is 3. The Labute approximate surface area is 110 Å². The van der Waals surface area contributed by atoms with Gasteiger partial charge in [0.25, 0.3) is 0 Å². The molecule has 0 aromatic rings. The van der Waals surface area contributed by atoms with Crippen molar-refractivity contribution in [1.29, 1.82) is 0 Å². The first-order valence-corrected chi connectivity index (χ1v) is 6.50. The Kier molecular flexibility index (Phi) is 8.14. The standard InChI is InChI=1S/C10H19N3O4S/c1-4-12-10(16)13-8(14)6(2)18-5-7(11)9(15)17-3/h6-7H,4-5,11H2,1-3H3,(H2,12,13,14,16). The Morgan fingerprint density at radius 1 is 1.39 bits per heavy atom. The number of thioether (sulfide) groups is 1. The summed E-state index contributed by atoms with van der Waals surface area (Å²) in [4.78, 5) is 33.7. The lowest BCUT2D eigenvalue weighted by Crippen LogP contribution is -2.43. The topological polar surface area (TPSA) is 111 Å². The predicted molar refractivity (Wildman–Crippen MR) is 69.1 cm³/mol. The second kappa shape index (κ2) is 8.76. The van der Waals surface area contributed by atoms with Gasteiger partial charge >= 0.3 is 12.0 Å². The lowest BCUT2D eigenvalue weighted by Gasteiger charge is -2.13. The van der Waals surface area contributed by atoms with Crippen LogP contribution in [0.3, 0.4) is 0 Å². The van der Waals surface area contributed by atoms with Crippen molar-refractivity contribution in [3.8, 4) is 0 Å².